The van der Waals surface area contributed by atoms with Gasteiger partial charge in [-0.2, -0.15) is 5.10 Å². The number of aryl methyl sites for hydroxylation is 1. The van der Waals surface area contributed by atoms with Gasteiger partial charge in [-0.15, -0.1) is 0 Å². The zero-order valence-electron chi connectivity index (χ0n) is 10.4. The summed E-state index contributed by atoms with van der Waals surface area (Å²) in [6.07, 6.45) is 2.43. The molecule has 0 fully saturated rings. The summed E-state index contributed by atoms with van der Waals surface area (Å²) in [6, 6.07) is 6.39. The van der Waals surface area contributed by atoms with Crippen LogP contribution in [0.25, 0.3) is 0 Å². The first-order valence-corrected chi connectivity index (χ1v) is 5.67. The number of nitrogens with zero attached hydrogens (tertiary/aromatic N) is 2. The summed E-state index contributed by atoms with van der Waals surface area (Å²) in [4.78, 5) is 0. The summed E-state index contributed by atoms with van der Waals surface area (Å²) >= 11 is 0. The van der Waals surface area contributed by atoms with E-state index in [0.29, 0.717) is 6.42 Å². The van der Waals surface area contributed by atoms with Crippen molar-refractivity contribution >= 4 is 0 Å². The molecule has 2 rings (SSSR count). The lowest BCUT2D eigenvalue weighted by molar-refractivity contribution is 0.386. The van der Waals surface area contributed by atoms with Gasteiger partial charge in [0, 0.05) is 25.7 Å². The molecule has 0 radical (unpaired) electrons. The molecule has 2 aromatic rings. The van der Waals surface area contributed by atoms with Crippen LogP contribution in [-0.2, 0) is 13.5 Å². The molecule has 0 saturated carbocycles. The van der Waals surface area contributed by atoms with E-state index in [1.54, 1.807) is 16.8 Å². The van der Waals surface area contributed by atoms with E-state index in [1.165, 1.54) is 13.2 Å². The van der Waals surface area contributed by atoms with Crippen LogP contribution in [0.5, 0.6) is 5.75 Å². The van der Waals surface area contributed by atoms with Crippen molar-refractivity contribution in [3.8, 4) is 5.75 Å². The molecule has 96 valence electrons. The summed E-state index contributed by atoms with van der Waals surface area (Å²) in [5, 5.41) is 4.25. The number of hydrogen-bond donors (Lipinski definition) is 1. The number of benzene rings is 1. The van der Waals surface area contributed by atoms with E-state index < -0.39 is 5.82 Å². The minimum Gasteiger partial charge on any atom is -0.494 e. The topological polar surface area (TPSA) is 53.1 Å². The second kappa shape index (κ2) is 5.18. The molecule has 5 heteroatoms. The van der Waals surface area contributed by atoms with Crippen LogP contribution >= 0.6 is 0 Å². The van der Waals surface area contributed by atoms with Crippen molar-refractivity contribution in [2.24, 2.45) is 12.8 Å². The fourth-order valence-electron chi connectivity index (χ4n) is 1.83. The summed E-state index contributed by atoms with van der Waals surface area (Å²) in [7, 11) is 3.29. The molecule has 0 saturated heterocycles. The average Bonchev–Trinajstić information content (AvgIpc) is 2.74. The van der Waals surface area contributed by atoms with Gasteiger partial charge < -0.3 is 10.5 Å². The van der Waals surface area contributed by atoms with Crippen molar-refractivity contribution < 1.29 is 9.13 Å². The molecule has 1 unspecified atom stereocenters. The van der Waals surface area contributed by atoms with Crippen LogP contribution in [0, 0.1) is 5.82 Å². The zero-order chi connectivity index (χ0) is 13.1. The van der Waals surface area contributed by atoms with E-state index in [0.717, 1.165) is 11.3 Å². The van der Waals surface area contributed by atoms with E-state index in [1.807, 2.05) is 19.3 Å². The van der Waals surface area contributed by atoms with Crippen molar-refractivity contribution in [1.82, 2.24) is 9.78 Å². The van der Waals surface area contributed by atoms with Crippen molar-refractivity contribution in [3.05, 3.63) is 47.5 Å². The van der Waals surface area contributed by atoms with Crippen LogP contribution in [0.15, 0.2) is 30.5 Å². The molecule has 0 amide bonds. The maximum Gasteiger partial charge on any atom is 0.165 e. The van der Waals surface area contributed by atoms with Gasteiger partial charge in [-0.3, -0.25) is 4.68 Å². The maximum absolute atomic E-state index is 13.6. The fraction of sp³-hybridized carbons (Fsp3) is 0.308. The van der Waals surface area contributed by atoms with Gasteiger partial charge in [0.25, 0.3) is 0 Å². The molecule has 1 aromatic carbocycles. The van der Waals surface area contributed by atoms with E-state index in [4.69, 9.17) is 10.5 Å². The normalized spacial score (nSPS) is 12.4. The molecule has 0 spiro atoms. The minimum absolute atomic E-state index is 0.226. The SMILES string of the molecule is COc1ccc(C(N)Cc2ccn(C)n2)cc1F. The van der Waals surface area contributed by atoms with Crippen molar-refractivity contribution in [2.75, 3.05) is 7.11 Å². The molecule has 0 bridgehead atoms. The summed E-state index contributed by atoms with van der Waals surface area (Å²) in [6.45, 7) is 0. The third-order valence-corrected chi connectivity index (χ3v) is 2.80. The van der Waals surface area contributed by atoms with Crippen LogP contribution in [0.3, 0.4) is 0 Å². The van der Waals surface area contributed by atoms with Crippen molar-refractivity contribution in [2.45, 2.75) is 12.5 Å². The Labute approximate surface area is 105 Å². The zero-order valence-corrected chi connectivity index (χ0v) is 10.4. The fourth-order valence-corrected chi connectivity index (χ4v) is 1.83. The highest BCUT2D eigenvalue weighted by Crippen LogP contribution is 2.22. The van der Waals surface area contributed by atoms with E-state index in [-0.39, 0.29) is 11.8 Å². The van der Waals surface area contributed by atoms with Crippen LogP contribution in [0.1, 0.15) is 17.3 Å². The van der Waals surface area contributed by atoms with Gasteiger partial charge in [-0.25, -0.2) is 4.39 Å². The number of hydrogen-bond acceptors (Lipinski definition) is 3. The summed E-state index contributed by atoms with van der Waals surface area (Å²) in [5.74, 6) is -0.171. The second-order valence-corrected chi connectivity index (χ2v) is 4.19. The molecule has 0 aliphatic carbocycles. The lowest BCUT2D eigenvalue weighted by atomic mass is 10.0. The van der Waals surface area contributed by atoms with Gasteiger partial charge in [-0.05, 0) is 23.8 Å². The molecule has 0 aliphatic heterocycles. The Balaban J connectivity index is 2.13. The third-order valence-electron chi connectivity index (χ3n) is 2.80. The highest BCUT2D eigenvalue weighted by atomic mass is 19.1. The molecule has 2 N–H and O–H groups in total. The smallest absolute Gasteiger partial charge is 0.165 e. The van der Waals surface area contributed by atoms with Gasteiger partial charge in [0.1, 0.15) is 0 Å². The first-order chi connectivity index (χ1) is 8.60. The Morgan fingerprint density at radius 3 is 2.78 bits per heavy atom. The molecule has 18 heavy (non-hydrogen) atoms. The second-order valence-electron chi connectivity index (χ2n) is 4.19. The molecular weight excluding hydrogens is 233 g/mol. The number of rotatable bonds is 4. The largest absolute Gasteiger partial charge is 0.494 e. The lowest BCUT2D eigenvalue weighted by Crippen LogP contribution is -2.14. The Morgan fingerprint density at radius 1 is 1.44 bits per heavy atom. The molecule has 0 aliphatic rings. The van der Waals surface area contributed by atoms with E-state index in [9.17, 15) is 4.39 Å². The van der Waals surface area contributed by atoms with Gasteiger partial charge in [-0.1, -0.05) is 6.07 Å². The first kappa shape index (κ1) is 12.6. The predicted octanol–water partition coefficient (Wildman–Crippen LogP) is 1.81. The van der Waals surface area contributed by atoms with E-state index >= 15 is 0 Å². The van der Waals surface area contributed by atoms with E-state index in [2.05, 4.69) is 5.10 Å². The molecule has 4 nitrogen and oxygen atoms in total. The van der Waals surface area contributed by atoms with Crippen LogP contribution in [0.2, 0.25) is 0 Å². The number of ether oxygens (including phenoxy) is 1. The van der Waals surface area contributed by atoms with Crippen molar-refractivity contribution in [1.29, 1.82) is 0 Å². The minimum atomic E-state index is -0.397. The highest BCUT2D eigenvalue weighted by molar-refractivity contribution is 5.31. The molecule has 1 aromatic heterocycles. The predicted molar refractivity (Wildman–Crippen MR) is 66.8 cm³/mol. The van der Waals surface area contributed by atoms with Gasteiger partial charge in [0.2, 0.25) is 0 Å². The standard InChI is InChI=1S/C13H16FN3O/c1-17-6-5-10(16-17)8-12(15)9-3-4-13(18-2)11(14)7-9/h3-7,12H,8,15H2,1-2H3. The monoisotopic (exact) mass is 249 g/mol. The van der Waals surface area contributed by atoms with Gasteiger partial charge >= 0.3 is 0 Å². The highest BCUT2D eigenvalue weighted by Gasteiger charge is 2.12. The lowest BCUT2D eigenvalue weighted by Gasteiger charge is -2.11. The Hall–Kier alpha value is -1.88. The maximum atomic E-state index is 13.6. The number of halogens is 1. The molecular formula is C13H16FN3O. The summed E-state index contributed by atoms with van der Waals surface area (Å²) < 4.78 is 20.1. The summed E-state index contributed by atoms with van der Waals surface area (Å²) in [5.41, 5.74) is 7.67. The van der Waals surface area contributed by atoms with Gasteiger partial charge in [0.05, 0.1) is 12.8 Å². The average molecular weight is 249 g/mol. The number of nitrogens with two attached hydrogens (primary N) is 1. The third kappa shape index (κ3) is 2.68. The Kier molecular flexibility index (Phi) is 3.62. The number of aromatic nitrogens is 2. The van der Waals surface area contributed by atoms with Crippen molar-refractivity contribution in [3.63, 3.8) is 0 Å². The molecule has 1 heterocycles. The number of methoxy groups -OCH3 is 1. The quantitative estimate of drug-likeness (QED) is 0.899. The molecule has 1 atom stereocenters. The van der Waals surface area contributed by atoms with Crippen LogP contribution < -0.4 is 10.5 Å². The Bertz CT molecular complexity index is 539. The Morgan fingerprint density at radius 2 is 2.22 bits per heavy atom. The van der Waals surface area contributed by atoms with Crippen LogP contribution in [-0.4, -0.2) is 16.9 Å². The first-order valence-electron chi connectivity index (χ1n) is 5.67. The van der Waals surface area contributed by atoms with Crippen LogP contribution in [0.4, 0.5) is 4.39 Å². The van der Waals surface area contributed by atoms with Gasteiger partial charge in [0.15, 0.2) is 11.6 Å².